The minimum Gasteiger partial charge on any atom is -0.455 e. The third kappa shape index (κ3) is 3.63. The van der Waals surface area contributed by atoms with Gasteiger partial charge in [0, 0.05) is 11.1 Å². The van der Waals surface area contributed by atoms with E-state index in [0.717, 1.165) is 5.56 Å². The first-order chi connectivity index (χ1) is 14.7. The molecule has 0 aliphatic carbocycles. The summed E-state index contributed by atoms with van der Waals surface area (Å²) < 4.78 is 24.7. The van der Waals surface area contributed by atoms with Gasteiger partial charge in [-0.3, -0.25) is 4.99 Å². The van der Waals surface area contributed by atoms with E-state index in [2.05, 4.69) is 9.98 Å². The summed E-state index contributed by atoms with van der Waals surface area (Å²) in [6.07, 6.45) is 1.64. The van der Waals surface area contributed by atoms with Gasteiger partial charge in [0.2, 0.25) is 5.89 Å². The highest BCUT2D eigenvalue weighted by molar-refractivity contribution is 6.33. The van der Waals surface area contributed by atoms with Crippen LogP contribution in [0.2, 0.25) is 5.02 Å². The van der Waals surface area contributed by atoms with E-state index in [1.54, 1.807) is 24.4 Å². The van der Waals surface area contributed by atoms with Crippen LogP contribution in [0.3, 0.4) is 0 Å². The summed E-state index contributed by atoms with van der Waals surface area (Å²) >= 11 is 6.22. The number of hydrogen-bond donors (Lipinski definition) is 0. The SMILES string of the molecule is Fc1ccc(-c2nc3cc(N=Cc4ccc(-c5ccccc5Cl)o4)ccc3o2)cc1. The Balaban J connectivity index is 1.40. The Morgan fingerprint density at radius 3 is 2.57 bits per heavy atom. The smallest absolute Gasteiger partial charge is 0.227 e. The fourth-order valence-corrected chi connectivity index (χ4v) is 3.31. The predicted molar refractivity (Wildman–Crippen MR) is 116 cm³/mol. The van der Waals surface area contributed by atoms with Crippen LogP contribution in [0.25, 0.3) is 33.9 Å². The molecule has 2 heterocycles. The number of hydrogen-bond acceptors (Lipinski definition) is 4. The molecule has 6 heteroatoms. The molecule has 0 amide bonds. The maximum Gasteiger partial charge on any atom is 0.227 e. The molecule has 0 N–H and O–H groups in total. The molecular formula is C24H14ClFN2O2. The van der Waals surface area contributed by atoms with E-state index >= 15 is 0 Å². The van der Waals surface area contributed by atoms with Crippen LogP contribution in [0.1, 0.15) is 5.76 Å². The third-order valence-corrected chi connectivity index (χ3v) is 4.90. The Labute approximate surface area is 176 Å². The number of rotatable bonds is 4. The lowest BCUT2D eigenvalue weighted by atomic mass is 10.2. The maximum absolute atomic E-state index is 13.1. The van der Waals surface area contributed by atoms with Crippen LogP contribution in [0.15, 0.2) is 92.7 Å². The van der Waals surface area contributed by atoms with Gasteiger partial charge < -0.3 is 8.83 Å². The van der Waals surface area contributed by atoms with E-state index in [1.807, 2.05) is 48.5 Å². The minimum absolute atomic E-state index is 0.304. The number of aromatic nitrogens is 1. The molecule has 3 aromatic carbocycles. The van der Waals surface area contributed by atoms with Crippen molar-refractivity contribution in [1.82, 2.24) is 4.98 Å². The molecular weight excluding hydrogens is 403 g/mol. The van der Waals surface area contributed by atoms with Gasteiger partial charge in [0.15, 0.2) is 5.58 Å². The number of aliphatic imine (C=N–C) groups is 1. The molecule has 0 aliphatic heterocycles. The summed E-state index contributed by atoms with van der Waals surface area (Å²) in [5.41, 5.74) is 3.54. The van der Waals surface area contributed by atoms with Crippen molar-refractivity contribution in [3.8, 4) is 22.8 Å². The van der Waals surface area contributed by atoms with Crippen LogP contribution in [-0.4, -0.2) is 11.2 Å². The standard InChI is InChI=1S/C24H14ClFN2O2/c25-20-4-2-1-3-19(20)22-12-10-18(29-22)14-27-17-9-11-23-21(13-17)28-24(30-23)15-5-7-16(26)8-6-15/h1-14H. The van der Waals surface area contributed by atoms with E-state index in [9.17, 15) is 4.39 Å². The van der Waals surface area contributed by atoms with Gasteiger partial charge in [-0.25, -0.2) is 9.37 Å². The van der Waals surface area contributed by atoms with Crippen molar-refractivity contribution in [2.24, 2.45) is 4.99 Å². The topological polar surface area (TPSA) is 51.5 Å². The quantitative estimate of drug-likeness (QED) is 0.289. The highest BCUT2D eigenvalue weighted by Gasteiger charge is 2.10. The van der Waals surface area contributed by atoms with Crippen molar-refractivity contribution in [3.05, 3.63) is 95.5 Å². The maximum atomic E-state index is 13.1. The number of nitrogens with zero attached hydrogens (tertiary/aromatic N) is 2. The monoisotopic (exact) mass is 416 g/mol. The largest absolute Gasteiger partial charge is 0.455 e. The van der Waals surface area contributed by atoms with Crippen LogP contribution in [0.4, 0.5) is 10.1 Å². The lowest BCUT2D eigenvalue weighted by molar-refractivity contribution is 0.575. The molecule has 0 bridgehead atoms. The number of furan rings is 1. The number of oxazole rings is 1. The summed E-state index contributed by atoms with van der Waals surface area (Å²) in [7, 11) is 0. The average molecular weight is 417 g/mol. The van der Waals surface area contributed by atoms with Crippen molar-refractivity contribution < 1.29 is 13.2 Å². The molecule has 5 aromatic rings. The Hall–Kier alpha value is -3.70. The zero-order valence-electron chi connectivity index (χ0n) is 15.5. The summed E-state index contributed by atoms with van der Waals surface area (Å²) in [6.45, 7) is 0. The minimum atomic E-state index is -0.304. The Kier molecular flexibility index (Phi) is 4.65. The highest BCUT2D eigenvalue weighted by atomic mass is 35.5. The van der Waals surface area contributed by atoms with Gasteiger partial charge in [-0.2, -0.15) is 0 Å². The van der Waals surface area contributed by atoms with E-state index in [-0.39, 0.29) is 5.82 Å². The lowest BCUT2D eigenvalue weighted by Crippen LogP contribution is -1.78. The first-order valence-electron chi connectivity index (χ1n) is 9.21. The molecule has 0 spiro atoms. The van der Waals surface area contributed by atoms with Crippen LogP contribution in [0, 0.1) is 5.82 Å². The molecule has 5 rings (SSSR count). The van der Waals surface area contributed by atoms with Crippen molar-refractivity contribution in [2.45, 2.75) is 0 Å². The second-order valence-corrected chi connectivity index (χ2v) is 7.03. The molecule has 30 heavy (non-hydrogen) atoms. The number of fused-ring (bicyclic) bond motifs is 1. The molecule has 0 saturated heterocycles. The van der Waals surface area contributed by atoms with Gasteiger partial charge in [-0.05, 0) is 66.7 Å². The predicted octanol–water partition coefficient (Wildman–Crippen LogP) is 7.30. The summed E-state index contributed by atoms with van der Waals surface area (Å²) in [4.78, 5) is 8.95. The van der Waals surface area contributed by atoms with Crippen molar-refractivity contribution in [2.75, 3.05) is 0 Å². The Morgan fingerprint density at radius 1 is 0.900 bits per heavy atom. The summed E-state index contributed by atoms with van der Waals surface area (Å²) in [6, 6.07) is 22.7. The van der Waals surface area contributed by atoms with Crippen molar-refractivity contribution in [1.29, 1.82) is 0 Å². The molecule has 0 radical (unpaired) electrons. The molecule has 0 fully saturated rings. The van der Waals surface area contributed by atoms with Gasteiger partial charge in [0.1, 0.15) is 22.9 Å². The fourth-order valence-electron chi connectivity index (χ4n) is 3.08. The van der Waals surface area contributed by atoms with E-state index in [4.69, 9.17) is 20.4 Å². The molecule has 0 saturated carbocycles. The normalized spacial score (nSPS) is 11.5. The average Bonchev–Trinajstić information content (AvgIpc) is 3.40. The van der Waals surface area contributed by atoms with E-state index in [1.165, 1.54) is 12.1 Å². The third-order valence-electron chi connectivity index (χ3n) is 4.57. The number of halogens is 2. The van der Waals surface area contributed by atoms with Crippen LogP contribution in [-0.2, 0) is 0 Å². The van der Waals surface area contributed by atoms with Gasteiger partial charge in [-0.1, -0.05) is 23.7 Å². The van der Waals surface area contributed by atoms with Gasteiger partial charge in [-0.15, -0.1) is 0 Å². The first-order valence-corrected chi connectivity index (χ1v) is 9.59. The van der Waals surface area contributed by atoms with Crippen molar-refractivity contribution >= 4 is 34.6 Å². The second kappa shape index (κ2) is 7.61. The van der Waals surface area contributed by atoms with Crippen LogP contribution >= 0.6 is 11.6 Å². The number of benzene rings is 3. The lowest BCUT2D eigenvalue weighted by Gasteiger charge is -1.98. The van der Waals surface area contributed by atoms with Gasteiger partial charge in [0.25, 0.3) is 0 Å². The van der Waals surface area contributed by atoms with Gasteiger partial charge >= 0.3 is 0 Å². The zero-order valence-corrected chi connectivity index (χ0v) is 16.3. The van der Waals surface area contributed by atoms with E-state index < -0.39 is 0 Å². The molecule has 4 nitrogen and oxygen atoms in total. The highest BCUT2D eigenvalue weighted by Crippen LogP contribution is 2.30. The van der Waals surface area contributed by atoms with Crippen LogP contribution in [0.5, 0.6) is 0 Å². The Morgan fingerprint density at radius 2 is 1.73 bits per heavy atom. The Bertz CT molecular complexity index is 1370. The molecule has 2 aromatic heterocycles. The van der Waals surface area contributed by atoms with E-state index in [0.29, 0.717) is 44.8 Å². The summed E-state index contributed by atoms with van der Waals surface area (Å²) in [5.74, 6) is 1.42. The van der Waals surface area contributed by atoms with Crippen molar-refractivity contribution in [3.63, 3.8) is 0 Å². The molecule has 0 aliphatic rings. The molecule has 0 unspecified atom stereocenters. The first kappa shape index (κ1) is 18.3. The fraction of sp³-hybridized carbons (Fsp3) is 0. The summed E-state index contributed by atoms with van der Waals surface area (Å²) in [5, 5.41) is 0.629. The second-order valence-electron chi connectivity index (χ2n) is 6.62. The van der Waals surface area contributed by atoms with Crippen LogP contribution < -0.4 is 0 Å². The van der Waals surface area contributed by atoms with Gasteiger partial charge in [0.05, 0.1) is 16.9 Å². The molecule has 0 atom stereocenters. The molecule has 146 valence electrons. The zero-order chi connectivity index (χ0) is 20.5.